The van der Waals surface area contributed by atoms with E-state index in [0.29, 0.717) is 0 Å². The SMILES string of the molecule is CCCCCCCCO[SiH](C)OCCCCCCCC. The van der Waals surface area contributed by atoms with Crippen LogP contribution < -0.4 is 0 Å². The zero-order chi connectivity index (χ0) is 14.9. The number of unbranched alkanes of at least 4 members (excludes halogenated alkanes) is 10. The van der Waals surface area contributed by atoms with Gasteiger partial charge in [-0.2, -0.15) is 0 Å². The van der Waals surface area contributed by atoms with Crippen molar-refractivity contribution < 1.29 is 8.85 Å². The molecule has 0 aliphatic carbocycles. The summed E-state index contributed by atoms with van der Waals surface area (Å²) in [7, 11) is -1.33. The molecule has 0 amide bonds. The molecule has 122 valence electrons. The lowest BCUT2D eigenvalue weighted by molar-refractivity contribution is 0.194. The molecule has 0 heterocycles. The Hall–Kier alpha value is 0.137. The third-order valence-corrected chi connectivity index (χ3v) is 5.11. The van der Waals surface area contributed by atoms with Crippen molar-refractivity contribution in [2.45, 2.75) is 97.4 Å². The van der Waals surface area contributed by atoms with Gasteiger partial charge in [-0.25, -0.2) is 0 Å². The molecule has 0 bridgehead atoms. The molecule has 20 heavy (non-hydrogen) atoms. The van der Waals surface area contributed by atoms with Crippen molar-refractivity contribution in [2.75, 3.05) is 13.2 Å². The first-order chi connectivity index (χ1) is 9.81. The average molecular weight is 303 g/mol. The van der Waals surface area contributed by atoms with Crippen LogP contribution in [0.15, 0.2) is 0 Å². The fourth-order valence-electron chi connectivity index (χ4n) is 2.31. The third kappa shape index (κ3) is 16.2. The molecule has 0 aromatic heterocycles. The van der Waals surface area contributed by atoms with E-state index in [9.17, 15) is 0 Å². The van der Waals surface area contributed by atoms with E-state index in [4.69, 9.17) is 8.85 Å². The number of hydrogen-bond acceptors (Lipinski definition) is 2. The first-order valence-corrected chi connectivity index (χ1v) is 11.1. The van der Waals surface area contributed by atoms with Gasteiger partial charge in [0.2, 0.25) is 0 Å². The van der Waals surface area contributed by atoms with Crippen LogP contribution in [0.25, 0.3) is 0 Å². The van der Waals surface area contributed by atoms with Gasteiger partial charge in [0.25, 0.3) is 0 Å². The predicted octanol–water partition coefficient (Wildman–Crippen LogP) is 5.59. The molecule has 0 radical (unpaired) electrons. The molecule has 0 fully saturated rings. The molecule has 0 rings (SSSR count). The predicted molar refractivity (Wildman–Crippen MR) is 91.7 cm³/mol. The lowest BCUT2D eigenvalue weighted by atomic mass is 10.1. The average Bonchev–Trinajstić information content (AvgIpc) is 2.45. The van der Waals surface area contributed by atoms with Crippen LogP contribution >= 0.6 is 0 Å². The number of hydrogen-bond donors (Lipinski definition) is 0. The summed E-state index contributed by atoms with van der Waals surface area (Å²) in [6, 6.07) is 0. The molecule has 0 spiro atoms. The van der Waals surface area contributed by atoms with Crippen molar-refractivity contribution in [1.82, 2.24) is 0 Å². The molecule has 0 saturated carbocycles. The van der Waals surface area contributed by atoms with Crippen molar-refractivity contribution in [3.8, 4) is 0 Å². The summed E-state index contributed by atoms with van der Waals surface area (Å²) in [6.45, 7) is 8.51. The highest BCUT2D eigenvalue weighted by molar-refractivity contribution is 6.42. The summed E-state index contributed by atoms with van der Waals surface area (Å²) in [5, 5.41) is 0. The maximum absolute atomic E-state index is 5.81. The van der Waals surface area contributed by atoms with Crippen LogP contribution in [0.1, 0.15) is 90.9 Å². The summed E-state index contributed by atoms with van der Waals surface area (Å²) in [4.78, 5) is 0. The Kier molecular flexibility index (Phi) is 17.3. The first kappa shape index (κ1) is 20.1. The van der Waals surface area contributed by atoms with Crippen molar-refractivity contribution in [1.29, 1.82) is 0 Å². The van der Waals surface area contributed by atoms with Crippen molar-refractivity contribution in [2.24, 2.45) is 0 Å². The van der Waals surface area contributed by atoms with E-state index < -0.39 is 9.28 Å². The van der Waals surface area contributed by atoms with Gasteiger partial charge in [-0.05, 0) is 19.4 Å². The lowest BCUT2D eigenvalue weighted by Crippen LogP contribution is -2.19. The molecular weight excluding hydrogens is 264 g/mol. The third-order valence-electron chi connectivity index (χ3n) is 3.70. The van der Waals surface area contributed by atoms with Gasteiger partial charge in [-0.3, -0.25) is 0 Å². The van der Waals surface area contributed by atoms with Gasteiger partial charge < -0.3 is 8.85 Å². The van der Waals surface area contributed by atoms with E-state index in [1.165, 1.54) is 77.0 Å². The zero-order valence-electron chi connectivity index (χ0n) is 14.3. The molecule has 0 atom stereocenters. The maximum atomic E-state index is 5.81. The van der Waals surface area contributed by atoms with E-state index in [-0.39, 0.29) is 0 Å². The Morgan fingerprint density at radius 3 is 1.30 bits per heavy atom. The van der Waals surface area contributed by atoms with Crippen LogP contribution in [0.2, 0.25) is 6.55 Å². The molecule has 0 aliphatic rings. The lowest BCUT2D eigenvalue weighted by Gasteiger charge is -2.12. The maximum Gasteiger partial charge on any atom is 0.318 e. The molecular formula is C17H38O2Si. The van der Waals surface area contributed by atoms with E-state index in [1.807, 2.05) is 0 Å². The monoisotopic (exact) mass is 302 g/mol. The normalized spacial score (nSPS) is 11.4. The van der Waals surface area contributed by atoms with E-state index in [1.54, 1.807) is 0 Å². The van der Waals surface area contributed by atoms with Gasteiger partial charge in [-0.15, -0.1) is 0 Å². The van der Waals surface area contributed by atoms with Crippen LogP contribution in [0.5, 0.6) is 0 Å². The van der Waals surface area contributed by atoms with Crippen molar-refractivity contribution >= 4 is 9.28 Å². The minimum Gasteiger partial charge on any atom is -0.397 e. The second-order valence-corrected chi connectivity index (χ2v) is 7.65. The highest BCUT2D eigenvalue weighted by Crippen LogP contribution is 2.07. The minimum atomic E-state index is -1.33. The second-order valence-electron chi connectivity index (χ2n) is 5.84. The molecule has 0 aliphatic heterocycles. The van der Waals surface area contributed by atoms with Crippen LogP contribution in [0.4, 0.5) is 0 Å². The van der Waals surface area contributed by atoms with Crippen LogP contribution in [-0.2, 0) is 8.85 Å². The zero-order valence-corrected chi connectivity index (χ0v) is 15.4. The Bertz CT molecular complexity index is 158. The topological polar surface area (TPSA) is 18.5 Å². The van der Waals surface area contributed by atoms with Crippen molar-refractivity contribution in [3.63, 3.8) is 0 Å². The van der Waals surface area contributed by atoms with Gasteiger partial charge in [-0.1, -0.05) is 78.1 Å². The molecule has 3 heteroatoms. The van der Waals surface area contributed by atoms with Crippen LogP contribution in [0.3, 0.4) is 0 Å². The van der Waals surface area contributed by atoms with Gasteiger partial charge in [0.1, 0.15) is 0 Å². The molecule has 0 aromatic rings. The fraction of sp³-hybridized carbons (Fsp3) is 1.00. The van der Waals surface area contributed by atoms with Crippen LogP contribution in [-0.4, -0.2) is 22.5 Å². The Morgan fingerprint density at radius 1 is 0.550 bits per heavy atom. The Labute approximate surface area is 129 Å². The highest BCUT2D eigenvalue weighted by atomic mass is 28.3. The first-order valence-electron chi connectivity index (χ1n) is 9.04. The summed E-state index contributed by atoms with van der Waals surface area (Å²) < 4.78 is 11.6. The Balaban J connectivity index is 3.11. The molecule has 0 aromatic carbocycles. The Morgan fingerprint density at radius 2 is 0.900 bits per heavy atom. The smallest absolute Gasteiger partial charge is 0.318 e. The standard InChI is InChI=1S/C17H38O2Si/c1-4-6-8-10-12-14-16-18-20(3)19-17-15-13-11-9-7-5-2/h20H,4-17H2,1-3H3. The highest BCUT2D eigenvalue weighted by Gasteiger charge is 2.04. The molecule has 2 nitrogen and oxygen atoms in total. The summed E-state index contributed by atoms with van der Waals surface area (Å²) in [5.41, 5.74) is 0. The van der Waals surface area contributed by atoms with Gasteiger partial charge in [0, 0.05) is 13.2 Å². The minimum absolute atomic E-state index is 0.913. The van der Waals surface area contributed by atoms with Crippen molar-refractivity contribution in [3.05, 3.63) is 0 Å². The fourth-order valence-corrected chi connectivity index (χ4v) is 3.40. The molecule has 0 saturated heterocycles. The van der Waals surface area contributed by atoms with Gasteiger partial charge >= 0.3 is 9.28 Å². The summed E-state index contributed by atoms with van der Waals surface area (Å²) in [5.74, 6) is 0. The number of rotatable bonds is 16. The van der Waals surface area contributed by atoms with E-state index in [2.05, 4.69) is 20.4 Å². The quantitative estimate of drug-likeness (QED) is 0.273. The van der Waals surface area contributed by atoms with Crippen LogP contribution in [0, 0.1) is 0 Å². The largest absolute Gasteiger partial charge is 0.397 e. The van der Waals surface area contributed by atoms with E-state index in [0.717, 1.165) is 13.2 Å². The second kappa shape index (κ2) is 17.2. The summed E-state index contributed by atoms with van der Waals surface area (Å²) >= 11 is 0. The van der Waals surface area contributed by atoms with Gasteiger partial charge in [0.05, 0.1) is 0 Å². The molecule has 0 unspecified atom stereocenters. The molecule has 0 N–H and O–H groups in total. The van der Waals surface area contributed by atoms with E-state index >= 15 is 0 Å². The van der Waals surface area contributed by atoms with Gasteiger partial charge in [0.15, 0.2) is 0 Å². The summed E-state index contributed by atoms with van der Waals surface area (Å²) in [6.07, 6.45) is 16.0.